The van der Waals surface area contributed by atoms with Crippen LogP contribution in [0.1, 0.15) is 31.2 Å². The van der Waals surface area contributed by atoms with Crippen LogP contribution in [0.5, 0.6) is 0 Å². The van der Waals surface area contributed by atoms with Gasteiger partial charge in [0.15, 0.2) is 0 Å². The fourth-order valence-corrected chi connectivity index (χ4v) is 4.35. The quantitative estimate of drug-likeness (QED) is 0.642. The Balaban J connectivity index is 1.37. The number of benzene rings is 2. The first kappa shape index (κ1) is 21.1. The van der Waals surface area contributed by atoms with E-state index in [-0.39, 0.29) is 12.5 Å². The van der Waals surface area contributed by atoms with Gasteiger partial charge in [-0.3, -0.25) is 9.59 Å². The van der Waals surface area contributed by atoms with Gasteiger partial charge in [-0.1, -0.05) is 54.1 Å². The van der Waals surface area contributed by atoms with Crippen LogP contribution in [0.3, 0.4) is 0 Å². The smallest absolute Gasteiger partial charge is 0.239 e. The summed E-state index contributed by atoms with van der Waals surface area (Å²) in [7, 11) is 1.56. The Labute approximate surface area is 183 Å². The lowest BCUT2D eigenvalue weighted by atomic mass is 10.0. The van der Waals surface area contributed by atoms with E-state index in [2.05, 4.69) is 47.1 Å². The van der Waals surface area contributed by atoms with E-state index in [0.29, 0.717) is 18.1 Å². The van der Waals surface area contributed by atoms with Crippen molar-refractivity contribution >= 4 is 18.0 Å². The Bertz CT molecular complexity index is 1010. The van der Waals surface area contributed by atoms with Crippen molar-refractivity contribution in [2.24, 2.45) is 0 Å². The van der Waals surface area contributed by atoms with Gasteiger partial charge in [-0.05, 0) is 60.1 Å². The van der Waals surface area contributed by atoms with Crippen LogP contribution in [0.4, 0.5) is 5.69 Å². The van der Waals surface area contributed by atoms with E-state index in [1.54, 1.807) is 18.2 Å². The van der Waals surface area contributed by atoms with Gasteiger partial charge < -0.3 is 15.5 Å². The van der Waals surface area contributed by atoms with Gasteiger partial charge >= 0.3 is 0 Å². The fraction of sp³-hybridized carbons (Fsp3) is 0.308. The van der Waals surface area contributed by atoms with Gasteiger partial charge in [0.2, 0.25) is 12.3 Å². The number of rotatable bonds is 8. The number of carbonyl (C=O) groups is 2. The zero-order valence-electron chi connectivity index (χ0n) is 17.9. The lowest BCUT2D eigenvalue weighted by molar-refractivity contribution is -0.120. The van der Waals surface area contributed by atoms with Gasteiger partial charge in [0.1, 0.15) is 6.54 Å². The van der Waals surface area contributed by atoms with E-state index in [1.807, 2.05) is 24.3 Å². The van der Waals surface area contributed by atoms with Crippen molar-refractivity contribution in [2.75, 3.05) is 18.5 Å². The molecule has 0 heterocycles. The minimum absolute atomic E-state index is 0.00328. The van der Waals surface area contributed by atoms with Crippen molar-refractivity contribution < 1.29 is 9.59 Å². The van der Waals surface area contributed by atoms with Crippen LogP contribution < -0.4 is 15.5 Å². The highest BCUT2D eigenvalue weighted by molar-refractivity contribution is 5.89. The molecule has 2 amide bonds. The maximum Gasteiger partial charge on any atom is 0.239 e. The molecule has 160 valence electrons. The summed E-state index contributed by atoms with van der Waals surface area (Å²) in [5, 5.41) is 6.26. The van der Waals surface area contributed by atoms with Crippen molar-refractivity contribution in [2.45, 2.75) is 38.3 Å². The third-order valence-corrected chi connectivity index (χ3v) is 6.13. The number of nitrogens with zero attached hydrogens (tertiary/aromatic N) is 1. The largest absolute Gasteiger partial charge is 0.358 e. The Hall–Kier alpha value is -3.18. The molecule has 5 heteroatoms. The third-order valence-electron chi connectivity index (χ3n) is 6.13. The Morgan fingerprint density at radius 1 is 1.13 bits per heavy atom. The molecule has 0 fully saturated rings. The maximum absolute atomic E-state index is 11.7. The molecule has 4 rings (SSSR count). The average molecular weight is 416 g/mol. The molecule has 2 N–H and O–H groups in total. The Kier molecular flexibility index (Phi) is 6.63. The number of amides is 2. The zero-order valence-corrected chi connectivity index (χ0v) is 17.9. The molecule has 2 aromatic rings. The number of anilines is 1. The first-order valence-corrected chi connectivity index (χ1v) is 10.9. The minimum Gasteiger partial charge on any atom is -0.358 e. The molecule has 2 aromatic carbocycles. The van der Waals surface area contributed by atoms with Crippen molar-refractivity contribution in [3.8, 4) is 11.1 Å². The molecule has 2 aliphatic rings. The standard InChI is InChI=1S/C26H29N3O2/c1-27-26(31)17-29(18-30)25-8-4-7-23(15-25)20-11-9-19(10-12-20)16-28-24-13-21-5-2-3-6-22(21)14-24/h2,4-5,7-12,15,18,24,28H,3,6,13-14,16-17H2,1H3,(H,27,31). The number of carbonyl (C=O) groups excluding carboxylic acids is 2. The van der Waals surface area contributed by atoms with Crippen LogP contribution in [0.15, 0.2) is 71.8 Å². The second-order valence-corrected chi connectivity index (χ2v) is 8.21. The van der Waals surface area contributed by atoms with Crippen LogP contribution in [-0.4, -0.2) is 32.0 Å². The second kappa shape index (κ2) is 9.75. The fourth-order valence-electron chi connectivity index (χ4n) is 4.35. The number of nitrogens with one attached hydrogen (secondary N) is 2. The van der Waals surface area contributed by atoms with Gasteiger partial charge in [-0.15, -0.1) is 0 Å². The lowest BCUT2D eigenvalue weighted by Gasteiger charge is -2.17. The molecule has 0 saturated carbocycles. The van der Waals surface area contributed by atoms with Crippen LogP contribution in [0.2, 0.25) is 0 Å². The molecule has 0 spiro atoms. The van der Waals surface area contributed by atoms with E-state index >= 15 is 0 Å². The molecule has 31 heavy (non-hydrogen) atoms. The molecule has 0 bridgehead atoms. The van der Waals surface area contributed by atoms with Crippen LogP contribution in [-0.2, 0) is 16.1 Å². The summed E-state index contributed by atoms with van der Waals surface area (Å²) in [6.07, 6.45) is 10.0. The predicted octanol–water partition coefficient (Wildman–Crippen LogP) is 3.96. The second-order valence-electron chi connectivity index (χ2n) is 8.21. The van der Waals surface area contributed by atoms with Crippen LogP contribution >= 0.6 is 0 Å². The normalized spacial score (nSPS) is 17.4. The van der Waals surface area contributed by atoms with Gasteiger partial charge in [-0.2, -0.15) is 0 Å². The summed E-state index contributed by atoms with van der Waals surface area (Å²) in [5.41, 5.74) is 7.23. The topological polar surface area (TPSA) is 61.4 Å². The van der Waals surface area contributed by atoms with Crippen molar-refractivity contribution in [1.29, 1.82) is 0 Å². The summed E-state index contributed by atoms with van der Waals surface area (Å²) in [6.45, 7) is 0.865. The molecular formula is C26H29N3O2. The van der Waals surface area contributed by atoms with E-state index < -0.39 is 0 Å². The average Bonchev–Trinajstić information content (AvgIpc) is 3.24. The molecule has 5 nitrogen and oxygen atoms in total. The molecule has 0 aromatic heterocycles. The Morgan fingerprint density at radius 2 is 1.97 bits per heavy atom. The number of likely N-dealkylation sites (N-methyl/N-ethyl adjacent to an activating group) is 1. The molecule has 0 aliphatic heterocycles. The van der Waals surface area contributed by atoms with Gasteiger partial charge in [0.25, 0.3) is 0 Å². The zero-order chi connectivity index (χ0) is 21.6. The summed E-state index contributed by atoms with van der Waals surface area (Å²) >= 11 is 0. The van der Waals surface area contributed by atoms with Crippen molar-refractivity contribution in [3.05, 3.63) is 77.4 Å². The van der Waals surface area contributed by atoms with Crippen molar-refractivity contribution in [3.63, 3.8) is 0 Å². The summed E-state index contributed by atoms with van der Waals surface area (Å²) in [5.74, 6) is -0.205. The lowest BCUT2D eigenvalue weighted by Crippen LogP contribution is -2.34. The third kappa shape index (κ3) is 5.12. The first-order chi connectivity index (χ1) is 15.2. The van der Waals surface area contributed by atoms with Crippen LogP contribution in [0.25, 0.3) is 11.1 Å². The SMILES string of the molecule is CNC(=O)CN(C=O)c1cccc(-c2ccc(CNC3CC4=C(CCC=C4)C3)cc2)c1. The highest BCUT2D eigenvalue weighted by Gasteiger charge is 2.23. The molecular weight excluding hydrogens is 386 g/mol. The molecule has 2 aliphatic carbocycles. The molecule has 1 unspecified atom stereocenters. The van der Waals surface area contributed by atoms with Gasteiger partial charge in [-0.25, -0.2) is 0 Å². The molecule has 1 atom stereocenters. The van der Waals surface area contributed by atoms with E-state index in [0.717, 1.165) is 24.1 Å². The molecule has 0 saturated heterocycles. The van der Waals surface area contributed by atoms with E-state index in [4.69, 9.17) is 0 Å². The Morgan fingerprint density at radius 3 is 2.71 bits per heavy atom. The number of hydrogen-bond acceptors (Lipinski definition) is 3. The van der Waals surface area contributed by atoms with E-state index in [9.17, 15) is 9.59 Å². The highest BCUT2D eigenvalue weighted by Crippen LogP contribution is 2.33. The van der Waals surface area contributed by atoms with Crippen molar-refractivity contribution in [1.82, 2.24) is 10.6 Å². The summed E-state index contributed by atoms with van der Waals surface area (Å²) < 4.78 is 0. The summed E-state index contributed by atoms with van der Waals surface area (Å²) in [4.78, 5) is 24.5. The predicted molar refractivity (Wildman–Crippen MR) is 125 cm³/mol. The maximum atomic E-state index is 11.7. The van der Waals surface area contributed by atoms with Crippen LogP contribution in [0, 0.1) is 0 Å². The van der Waals surface area contributed by atoms with Gasteiger partial charge in [0, 0.05) is 25.3 Å². The highest BCUT2D eigenvalue weighted by atomic mass is 16.2. The first-order valence-electron chi connectivity index (χ1n) is 10.9. The number of hydrogen-bond donors (Lipinski definition) is 2. The number of allylic oxidation sites excluding steroid dienone is 2. The van der Waals surface area contributed by atoms with E-state index in [1.165, 1.54) is 29.7 Å². The minimum atomic E-state index is -0.205. The monoisotopic (exact) mass is 415 g/mol. The summed E-state index contributed by atoms with van der Waals surface area (Å²) in [6, 6.07) is 16.8. The molecule has 0 radical (unpaired) electrons. The van der Waals surface area contributed by atoms with Gasteiger partial charge in [0.05, 0.1) is 0 Å².